The molecule has 180 valence electrons. The molecule has 1 atom stereocenters. The molecule has 1 heterocycles. The summed E-state index contributed by atoms with van der Waals surface area (Å²) in [7, 11) is 0.000686. The van der Waals surface area contributed by atoms with Gasteiger partial charge in [-0.05, 0) is 64.5 Å². The number of hydrogen-bond donors (Lipinski definition) is 1. The number of hydrogen-bond acceptors (Lipinski definition) is 4. The first-order valence-corrected chi connectivity index (χ1v) is 12.8. The van der Waals surface area contributed by atoms with Crippen LogP contribution in [0.15, 0.2) is 41.3 Å². The zero-order valence-corrected chi connectivity index (χ0v) is 21.0. The fourth-order valence-electron chi connectivity index (χ4n) is 4.30. The third kappa shape index (κ3) is 5.74. The molecule has 6 nitrogen and oxygen atoms in total. The number of nitrogens with zero attached hydrogens (tertiary/aromatic N) is 2. The maximum Gasteiger partial charge on any atom is 0.243 e. The Bertz CT molecular complexity index is 1100. The molecule has 1 fully saturated rings. The molecule has 2 aromatic carbocycles. The molecule has 1 N–H and O–H groups in total. The van der Waals surface area contributed by atoms with Crippen LogP contribution in [0.3, 0.4) is 0 Å². The summed E-state index contributed by atoms with van der Waals surface area (Å²) in [5, 5.41) is 3.23. The molecule has 0 unspecified atom stereocenters. The van der Waals surface area contributed by atoms with Gasteiger partial charge in [0.15, 0.2) is 0 Å². The molecular weight excluding hydrogens is 465 g/mol. The van der Waals surface area contributed by atoms with Crippen LogP contribution < -0.4 is 5.32 Å². The predicted octanol–water partition coefficient (Wildman–Crippen LogP) is 3.92. The average molecular weight is 496 g/mol. The minimum Gasteiger partial charge on any atom is -0.354 e. The molecule has 1 aliphatic heterocycles. The van der Waals surface area contributed by atoms with E-state index in [1.165, 1.54) is 10.4 Å². The smallest absolute Gasteiger partial charge is 0.243 e. The van der Waals surface area contributed by atoms with Crippen LogP contribution in [0.5, 0.6) is 0 Å². The molecule has 1 amide bonds. The Morgan fingerprint density at radius 1 is 1.21 bits per heavy atom. The van der Waals surface area contributed by atoms with Crippen LogP contribution in [-0.2, 0) is 14.8 Å². The summed E-state index contributed by atoms with van der Waals surface area (Å²) in [6, 6.07) is 9.41. The summed E-state index contributed by atoms with van der Waals surface area (Å²) in [5.74, 6) is -0.868. The lowest BCUT2D eigenvalue weighted by Crippen LogP contribution is -2.44. The largest absolute Gasteiger partial charge is 0.354 e. The summed E-state index contributed by atoms with van der Waals surface area (Å²) in [6.45, 7) is 4.49. The molecule has 0 spiro atoms. The molecule has 0 aromatic heterocycles. The number of aryl methyl sites for hydroxylation is 2. The van der Waals surface area contributed by atoms with Gasteiger partial charge >= 0.3 is 0 Å². The topological polar surface area (TPSA) is 69.7 Å². The van der Waals surface area contributed by atoms with Crippen molar-refractivity contribution in [1.82, 2.24) is 14.5 Å². The third-order valence-corrected chi connectivity index (χ3v) is 8.59. The second-order valence-corrected chi connectivity index (χ2v) is 11.1. The van der Waals surface area contributed by atoms with E-state index in [2.05, 4.69) is 5.32 Å². The SMILES string of the molecule is Cc1ccc(S(=O)(=O)N2CCC(C(=O)NC[C@@H](c3c(F)cccc3Cl)N(C)C)CC2)c(C)c1. The Balaban J connectivity index is 1.62. The van der Waals surface area contributed by atoms with Gasteiger partial charge in [-0.15, -0.1) is 0 Å². The molecule has 0 radical (unpaired) electrons. The summed E-state index contributed by atoms with van der Waals surface area (Å²) in [4.78, 5) is 14.9. The van der Waals surface area contributed by atoms with Crippen molar-refractivity contribution in [3.63, 3.8) is 0 Å². The molecule has 0 bridgehead atoms. The first kappa shape index (κ1) is 25.6. The van der Waals surface area contributed by atoms with Crippen LogP contribution in [0.25, 0.3) is 0 Å². The minimum atomic E-state index is -3.60. The van der Waals surface area contributed by atoms with Gasteiger partial charge in [-0.25, -0.2) is 12.8 Å². The monoisotopic (exact) mass is 495 g/mol. The molecule has 1 aliphatic rings. The van der Waals surface area contributed by atoms with E-state index < -0.39 is 21.9 Å². The Kier molecular flexibility index (Phi) is 8.16. The standard InChI is InChI=1S/C24H31ClFN3O3S/c1-16-8-9-22(17(2)14-16)33(31,32)29-12-10-18(11-13-29)24(30)27-15-21(28(3)4)23-19(25)6-5-7-20(23)26/h5-9,14,18,21H,10-13,15H2,1-4H3,(H,27,30)/t21-/m0/s1. The Morgan fingerprint density at radius 3 is 2.45 bits per heavy atom. The van der Waals surface area contributed by atoms with Gasteiger partial charge < -0.3 is 10.2 Å². The third-order valence-electron chi connectivity index (χ3n) is 6.20. The number of rotatable bonds is 7. The summed E-state index contributed by atoms with van der Waals surface area (Å²) < 4.78 is 42.0. The molecule has 33 heavy (non-hydrogen) atoms. The van der Waals surface area contributed by atoms with Gasteiger partial charge in [0, 0.05) is 36.1 Å². The first-order valence-electron chi connectivity index (χ1n) is 11.0. The lowest BCUT2D eigenvalue weighted by molar-refractivity contribution is -0.126. The summed E-state index contributed by atoms with van der Waals surface area (Å²) in [6.07, 6.45) is 0.867. The van der Waals surface area contributed by atoms with Gasteiger partial charge in [0.25, 0.3) is 0 Å². The Labute approximate surface area is 200 Å². The predicted molar refractivity (Wildman–Crippen MR) is 128 cm³/mol. The maximum atomic E-state index is 14.4. The number of amides is 1. The number of likely N-dealkylation sites (N-methyl/N-ethyl adjacent to an activating group) is 1. The highest BCUT2D eigenvalue weighted by Gasteiger charge is 2.33. The lowest BCUT2D eigenvalue weighted by Gasteiger charge is -2.32. The van der Waals surface area contributed by atoms with Gasteiger partial charge in [-0.3, -0.25) is 4.79 Å². The van der Waals surface area contributed by atoms with Crippen molar-refractivity contribution >= 4 is 27.5 Å². The van der Waals surface area contributed by atoms with Crippen molar-refractivity contribution < 1.29 is 17.6 Å². The number of piperidine rings is 1. The van der Waals surface area contributed by atoms with Gasteiger partial charge in [0.2, 0.25) is 15.9 Å². The van der Waals surface area contributed by atoms with Crippen molar-refractivity contribution in [2.75, 3.05) is 33.7 Å². The quantitative estimate of drug-likeness (QED) is 0.632. The van der Waals surface area contributed by atoms with Gasteiger partial charge in [0.1, 0.15) is 5.82 Å². The summed E-state index contributed by atoms with van der Waals surface area (Å²) >= 11 is 6.22. The van der Waals surface area contributed by atoms with Crippen LogP contribution in [0.1, 0.15) is 35.6 Å². The van der Waals surface area contributed by atoms with Crippen molar-refractivity contribution in [1.29, 1.82) is 0 Å². The molecular formula is C24H31ClFN3O3S. The van der Waals surface area contributed by atoms with E-state index in [-0.39, 0.29) is 31.5 Å². The van der Waals surface area contributed by atoms with E-state index in [0.717, 1.165) is 11.1 Å². The highest BCUT2D eigenvalue weighted by molar-refractivity contribution is 7.89. The number of halogens is 2. The van der Waals surface area contributed by atoms with E-state index in [4.69, 9.17) is 11.6 Å². The molecule has 2 aromatic rings. The first-order chi connectivity index (χ1) is 15.5. The van der Waals surface area contributed by atoms with E-state index >= 15 is 0 Å². The number of benzene rings is 2. The Hall–Kier alpha value is -2.00. The van der Waals surface area contributed by atoms with Crippen molar-refractivity contribution in [3.8, 4) is 0 Å². The second kappa shape index (κ2) is 10.5. The summed E-state index contributed by atoms with van der Waals surface area (Å²) in [5.41, 5.74) is 2.07. The van der Waals surface area contributed by atoms with Crippen molar-refractivity contribution in [2.24, 2.45) is 5.92 Å². The van der Waals surface area contributed by atoms with Crippen molar-refractivity contribution in [3.05, 3.63) is 63.9 Å². The number of sulfonamides is 1. The van der Waals surface area contributed by atoms with E-state index in [0.29, 0.717) is 28.3 Å². The molecule has 9 heteroatoms. The van der Waals surface area contributed by atoms with E-state index in [1.807, 2.05) is 17.9 Å². The highest BCUT2D eigenvalue weighted by atomic mass is 35.5. The molecule has 3 rings (SSSR count). The zero-order valence-electron chi connectivity index (χ0n) is 19.4. The fraction of sp³-hybridized carbons (Fsp3) is 0.458. The average Bonchev–Trinajstić information content (AvgIpc) is 2.75. The van der Waals surface area contributed by atoms with Crippen LogP contribution >= 0.6 is 11.6 Å². The van der Waals surface area contributed by atoms with E-state index in [1.54, 1.807) is 45.3 Å². The van der Waals surface area contributed by atoms with Gasteiger partial charge in [-0.2, -0.15) is 4.31 Å². The number of carbonyl (C=O) groups excluding carboxylic acids is 1. The van der Waals surface area contributed by atoms with E-state index in [9.17, 15) is 17.6 Å². The van der Waals surface area contributed by atoms with Crippen LogP contribution in [0.2, 0.25) is 5.02 Å². The van der Waals surface area contributed by atoms with Gasteiger partial charge in [0.05, 0.1) is 10.9 Å². The van der Waals surface area contributed by atoms with Crippen LogP contribution in [-0.4, -0.2) is 57.3 Å². The highest BCUT2D eigenvalue weighted by Crippen LogP contribution is 2.29. The number of nitrogens with one attached hydrogen (secondary N) is 1. The fourth-order valence-corrected chi connectivity index (χ4v) is 6.26. The normalized spacial score (nSPS) is 16.7. The van der Waals surface area contributed by atoms with Crippen LogP contribution in [0, 0.1) is 25.6 Å². The molecule has 0 aliphatic carbocycles. The second-order valence-electron chi connectivity index (χ2n) is 8.81. The zero-order chi connectivity index (χ0) is 24.3. The molecule has 0 saturated carbocycles. The number of carbonyl (C=O) groups is 1. The van der Waals surface area contributed by atoms with Gasteiger partial charge in [-0.1, -0.05) is 35.4 Å². The van der Waals surface area contributed by atoms with Crippen molar-refractivity contribution in [2.45, 2.75) is 37.6 Å². The van der Waals surface area contributed by atoms with Crippen LogP contribution in [0.4, 0.5) is 4.39 Å². The maximum absolute atomic E-state index is 14.4. The minimum absolute atomic E-state index is 0.155. The lowest BCUT2D eigenvalue weighted by atomic mass is 9.97. The molecule has 1 saturated heterocycles. The Morgan fingerprint density at radius 2 is 1.88 bits per heavy atom.